The number of halogens is 1. The molecule has 28 heavy (non-hydrogen) atoms. The van der Waals surface area contributed by atoms with Gasteiger partial charge in [-0.2, -0.15) is 5.10 Å². The Bertz CT molecular complexity index is 1190. The van der Waals surface area contributed by atoms with E-state index in [1.54, 1.807) is 42.1 Å². The normalized spacial score (nSPS) is 11.1. The van der Waals surface area contributed by atoms with Crippen molar-refractivity contribution < 1.29 is 9.66 Å². The highest BCUT2D eigenvalue weighted by molar-refractivity contribution is 6.30. The van der Waals surface area contributed by atoms with Crippen molar-refractivity contribution in [3.05, 3.63) is 81.6 Å². The van der Waals surface area contributed by atoms with E-state index in [2.05, 4.69) is 10.1 Å². The van der Waals surface area contributed by atoms with Crippen LogP contribution in [0.25, 0.3) is 28.0 Å². The number of nitrogens with zero attached hydrogens (tertiary/aromatic N) is 4. The lowest BCUT2D eigenvalue weighted by Crippen LogP contribution is -1.97. The van der Waals surface area contributed by atoms with Gasteiger partial charge in [-0.1, -0.05) is 35.9 Å². The van der Waals surface area contributed by atoms with Crippen LogP contribution in [-0.4, -0.2) is 26.6 Å². The molecule has 2 heterocycles. The Labute approximate surface area is 165 Å². The molecule has 0 bridgehead atoms. The number of aromatic nitrogens is 3. The number of non-ortho nitro benzene ring substituents is 1. The third-order valence-corrected chi connectivity index (χ3v) is 4.57. The van der Waals surface area contributed by atoms with Crippen molar-refractivity contribution in [1.29, 1.82) is 0 Å². The smallest absolute Gasteiger partial charge is 0.270 e. The molecule has 0 radical (unpaired) electrons. The molecule has 0 unspecified atom stereocenters. The molecule has 0 atom stereocenters. The second kappa shape index (κ2) is 7.38. The van der Waals surface area contributed by atoms with Gasteiger partial charge in [0.05, 0.1) is 28.5 Å². The van der Waals surface area contributed by atoms with Gasteiger partial charge in [0.2, 0.25) is 0 Å². The number of nitro benzene ring substituents is 1. The van der Waals surface area contributed by atoms with E-state index in [4.69, 9.17) is 16.3 Å². The summed E-state index contributed by atoms with van der Waals surface area (Å²) in [5, 5.41) is 16.4. The molecular weight excluding hydrogens is 380 g/mol. The van der Waals surface area contributed by atoms with Crippen molar-refractivity contribution in [3.8, 4) is 22.4 Å². The molecule has 0 N–H and O–H groups in total. The monoisotopic (exact) mass is 394 g/mol. The van der Waals surface area contributed by atoms with Gasteiger partial charge in [0.1, 0.15) is 0 Å². The molecular formula is C20H15ClN4O3. The van der Waals surface area contributed by atoms with Crippen LogP contribution in [0.5, 0.6) is 0 Å². The minimum atomic E-state index is -0.418. The quantitative estimate of drug-likeness (QED) is 0.359. The predicted octanol–water partition coefficient (Wildman–Crippen LogP) is 4.77. The maximum absolute atomic E-state index is 11.2. The Morgan fingerprint density at radius 1 is 1.14 bits per heavy atom. The fourth-order valence-corrected chi connectivity index (χ4v) is 3.35. The Balaban J connectivity index is 1.98. The van der Waals surface area contributed by atoms with Crippen LogP contribution in [0.3, 0.4) is 0 Å². The number of methoxy groups -OCH3 is 1. The minimum absolute atomic E-state index is 0.0156. The van der Waals surface area contributed by atoms with E-state index in [-0.39, 0.29) is 5.69 Å². The third-order valence-electron chi connectivity index (χ3n) is 4.34. The summed E-state index contributed by atoms with van der Waals surface area (Å²) in [4.78, 5) is 15.2. The summed E-state index contributed by atoms with van der Waals surface area (Å²) >= 11 is 6.17. The van der Waals surface area contributed by atoms with E-state index >= 15 is 0 Å². The molecule has 140 valence electrons. The van der Waals surface area contributed by atoms with Crippen LogP contribution in [0.2, 0.25) is 5.02 Å². The SMILES string of the molecule is COCc1nn2c(-c3cccc([N+](=O)[O-])c3)ccnc2c1-c1cccc(Cl)c1. The summed E-state index contributed by atoms with van der Waals surface area (Å²) in [7, 11) is 1.60. The van der Waals surface area contributed by atoms with Gasteiger partial charge in [0.25, 0.3) is 5.69 Å². The molecule has 0 aliphatic heterocycles. The number of ether oxygens (including phenoxy) is 1. The molecule has 0 aliphatic rings. The summed E-state index contributed by atoms with van der Waals surface area (Å²) in [6.45, 7) is 0.291. The van der Waals surface area contributed by atoms with E-state index in [1.807, 2.05) is 18.2 Å². The van der Waals surface area contributed by atoms with Crippen molar-refractivity contribution >= 4 is 22.9 Å². The first-order chi connectivity index (χ1) is 13.6. The van der Waals surface area contributed by atoms with E-state index in [9.17, 15) is 10.1 Å². The second-order valence-corrected chi connectivity index (χ2v) is 6.57. The first-order valence-electron chi connectivity index (χ1n) is 8.45. The fourth-order valence-electron chi connectivity index (χ4n) is 3.16. The van der Waals surface area contributed by atoms with Crippen LogP contribution in [-0.2, 0) is 11.3 Å². The molecule has 4 rings (SSSR count). The van der Waals surface area contributed by atoms with Crippen LogP contribution in [0.15, 0.2) is 60.8 Å². The topological polar surface area (TPSA) is 82.6 Å². The lowest BCUT2D eigenvalue weighted by Gasteiger charge is -2.05. The van der Waals surface area contributed by atoms with Crippen molar-refractivity contribution in [3.63, 3.8) is 0 Å². The zero-order chi connectivity index (χ0) is 19.7. The molecule has 4 aromatic rings. The number of benzene rings is 2. The Hall–Kier alpha value is -3.29. The molecule has 0 saturated heterocycles. The van der Waals surface area contributed by atoms with Crippen molar-refractivity contribution in [1.82, 2.24) is 14.6 Å². The van der Waals surface area contributed by atoms with Gasteiger partial charge in [0.15, 0.2) is 5.65 Å². The highest BCUT2D eigenvalue weighted by Gasteiger charge is 2.19. The maximum Gasteiger partial charge on any atom is 0.270 e. The summed E-state index contributed by atoms with van der Waals surface area (Å²) in [6, 6.07) is 15.7. The lowest BCUT2D eigenvalue weighted by molar-refractivity contribution is -0.384. The maximum atomic E-state index is 11.2. The average molecular weight is 395 g/mol. The lowest BCUT2D eigenvalue weighted by atomic mass is 10.1. The molecule has 0 spiro atoms. The summed E-state index contributed by atoms with van der Waals surface area (Å²) < 4.78 is 7.00. The van der Waals surface area contributed by atoms with Crippen LogP contribution < -0.4 is 0 Å². The zero-order valence-electron chi connectivity index (χ0n) is 14.9. The van der Waals surface area contributed by atoms with Gasteiger partial charge in [-0.05, 0) is 23.8 Å². The summed E-state index contributed by atoms with van der Waals surface area (Å²) in [5.74, 6) is 0. The molecule has 0 amide bonds. The molecule has 2 aromatic carbocycles. The van der Waals surface area contributed by atoms with Crippen molar-refractivity contribution in [2.24, 2.45) is 0 Å². The molecule has 0 aliphatic carbocycles. The number of hydrogen-bond acceptors (Lipinski definition) is 5. The number of fused-ring (bicyclic) bond motifs is 1. The van der Waals surface area contributed by atoms with Gasteiger partial charge >= 0.3 is 0 Å². The molecule has 0 fully saturated rings. The number of hydrogen-bond donors (Lipinski definition) is 0. The van der Waals surface area contributed by atoms with E-state index < -0.39 is 4.92 Å². The standard InChI is InChI=1S/C20H15ClN4O3/c1-28-12-17-19(14-5-2-6-15(21)10-14)20-22-9-8-18(24(20)23-17)13-4-3-7-16(11-13)25(26)27/h2-11H,12H2,1H3. The molecule has 7 nitrogen and oxygen atoms in total. The highest BCUT2D eigenvalue weighted by atomic mass is 35.5. The van der Waals surface area contributed by atoms with Crippen molar-refractivity contribution in [2.45, 2.75) is 6.61 Å². The van der Waals surface area contributed by atoms with Gasteiger partial charge < -0.3 is 4.74 Å². The van der Waals surface area contributed by atoms with E-state index in [0.717, 1.165) is 11.1 Å². The molecule has 8 heteroatoms. The largest absolute Gasteiger partial charge is 0.378 e. The van der Waals surface area contributed by atoms with Gasteiger partial charge in [-0.3, -0.25) is 10.1 Å². The van der Waals surface area contributed by atoms with Gasteiger partial charge in [0, 0.05) is 36.0 Å². The highest BCUT2D eigenvalue weighted by Crippen LogP contribution is 2.32. The molecule has 0 saturated carbocycles. The summed E-state index contributed by atoms with van der Waals surface area (Å²) in [5.41, 5.74) is 4.40. The number of nitro groups is 1. The van der Waals surface area contributed by atoms with Crippen LogP contribution in [0, 0.1) is 10.1 Å². The third kappa shape index (κ3) is 3.21. The first-order valence-corrected chi connectivity index (χ1v) is 8.82. The Kier molecular flexibility index (Phi) is 4.77. The predicted molar refractivity (Wildman–Crippen MR) is 106 cm³/mol. The second-order valence-electron chi connectivity index (χ2n) is 6.14. The Morgan fingerprint density at radius 2 is 1.93 bits per heavy atom. The van der Waals surface area contributed by atoms with Crippen LogP contribution in [0.1, 0.15) is 5.69 Å². The average Bonchev–Trinajstić information content (AvgIpc) is 3.06. The summed E-state index contributed by atoms with van der Waals surface area (Å²) in [6.07, 6.45) is 1.66. The van der Waals surface area contributed by atoms with Crippen LogP contribution in [0.4, 0.5) is 5.69 Å². The minimum Gasteiger partial charge on any atom is -0.378 e. The van der Waals surface area contributed by atoms with E-state index in [1.165, 1.54) is 12.1 Å². The Morgan fingerprint density at radius 3 is 2.68 bits per heavy atom. The van der Waals surface area contributed by atoms with Crippen LogP contribution >= 0.6 is 11.6 Å². The van der Waals surface area contributed by atoms with Crippen molar-refractivity contribution in [2.75, 3.05) is 7.11 Å². The first kappa shape index (κ1) is 18.1. The van der Waals surface area contributed by atoms with Gasteiger partial charge in [-0.25, -0.2) is 9.50 Å². The molecule has 2 aromatic heterocycles. The zero-order valence-corrected chi connectivity index (χ0v) is 15.6. The number of rotatable bonds is 5. The fraction of sp³-hybridized carbons (Fsp3) is 0.100. The van der Waals surface area contributed by atoms with E-state index in [0.29, 0.717) is 34.2 Å². The van der Waals surface area contributed by atoms with Gasteiger partial charge in [-0.15, -0.1) is 0 Å².